The van der Waals surface area contributed by atoms with Crippen molar-refractivity contribution in [2.75, 3.05) is 0 Å². The number of phenols is 2. The molecule has 0 aromatic heterocycles. The molecule has 0 radical (unpaired) electrons. The molecule has 0 aliphatic rings. The molecule has 0 spiro atoms. The predicted molar refractivity (Wildman–Crippen MR) is 88.5 cm³/mol. The molecule has 2 N–H and O–H groups in total. The Morgan fingerprint density at radius 2 is 1.18 bits per heavy atom. The molecule has 112 valence electrons. The maximum atomic E-state index is 11.8. The molecular formula is C19H18O3. The van der Waals surface area contributed by atoms with Crippen LogP contribution >= 0.6 is 0 Å². The van der Waals surface area contributed by atoms with Crippen LogP contribution in [0.15, 0.2) is 60.7 Å². The molecule has 0 atom stereocenters. The van der Waals surface area contributed by atoms with Crippen LogP contribution in [0.4, 0.5) is 0 Å². The van der Waals surface area contributed by atoms with Crippen LogP contribution in [0.1, 0.15) is 24.0 Å². The average Bonchev–Trinajstić information content (AvgIpc) is 2.51. The number of ketones is 1. The lowest BCUT2D eigenvalue weighted by Gasteiger charge is -1.98. The second kappa shape index (κ2) is 7.84. The van der Waals surface area contributed by atoms with Crippen molar-refractivity contribution < 1.29 is 15.0 Å². The first kappa shape index (κ1) is 15.6. The fraction of sp³-hybridized carbons (Fsp3) is 0.105. The topological polar surface area (TPSA) is 57.5 Å². The lowest BCUT2D eigenvalue weighted by Crippen LogP contribution is -1.92. The minimum Gasteiger partial charge on any atom is -0.507 e. The van der Waals surface area contributed by atoms with Gasteiger partial charge in [-0.3, -0.25) is 4.79 Å². The second-order valence-corrected chi connectivity index (χ2v) is 4.87. The largest absolute Gasteiger partial charge is 0.507 e. The number of benzene rings is 2. The van der Waals surface area contributed by atoms with E-state index in [1.165, 1.54) is 0 Å². The number of Topliss-reactive ketones (excluding diaryl/α,β-unsaturated/α-hetero) is 1. The van der Waals surface area contributed by atoms with Crippen LogP contribution < -0.4 is 0 Å². The van der Waals surface area contributed by atoms with Crippen LogP contribution in [-0.4, -0.2) is 16.0 Å². The zero-order chi connectivity index (χ0) is 15.8. The Kier molecular flexibility index (Phi) is 5.55. The highest BCUT2D eigenvalue weighted by atomic mass is 16.3. The summed E-state index contributed by atoms with van der Waals surface area (Å²) in [5, 5.41) is 19.2. The SMILES string of the molecule is O=C(CC=Cc1ccccc1O)CC=Cc1ccccc1O. The molecule has 22 heavy (non-hydrogen) atoms. The third-order valence-corrected chi connectivity index (χ3v) is 3.16. The molecular weight excluding hydrogens is 276 g/mol. The summed E-state index contributed by atoms with van der Waals surface area (Å²) >= 11 is 0. The minimum atomic E-state index is 0.0679. The maximum Gasteiger partial charge on any atom is 0.140 e. The van der Waals surface area contributed by atoms with Crippen molar-refractivity contribution in [1.29, 1.82) is 0 Å². The fourth-order valence-electron chi connectivity index (χ4n) is 1.97. The fourth-order valence-corrected chi connectivity index (χ4v) is 1.97. The van der Waals surface area contributed by atoms with Crippen molar-refractivity contribution in [2.45, 2.75) is 12.8 Å². The quantitative estimate of drug-likeness (QED) is 0.840. The second-order valence-electron chi connectivity index (χ2n) is 4.87. The highest BCUT2D eigenvalue weighted by Crippen LogP contribution is 2.18. The summed E-state index contributed by atoms with van der Waals surface area (Å²) in [4.78, 5) is 11.8. The summed E-state index contributed by atoms with van der Waals surface area (Å²) in [6.07, 6.45) is 7.56. The van der Waals surface area contributed by atoms with Gasteiger partial charge in [0, 0.05) is 24.0 Å². The Bertz CT molecular complexity index is 640. The third kappa shape index (κ3) is 4.63. The highest BCUT2D eigenvalue weighted by Gasteiger charge is 1.98. The molecule has 0 heterocycles. The highest BCUT2D eigenvalue weighted by molar-refractivity contribution is 5.83. The van der Waals surface area contributed by atoms with Gasteiger partial charge in [0.05, 0.1) is 0 Å². The van der Waals surface area contributed by atoms with Crippen molar-refractivity contribution in [1.82, 2.24) is 0 Å². The number of hydrogen-bond acceptors (Lipinski definition) is 3. The molecule has 0 amide bonds. The van der Waals surface area contributed by atoms with E-state index in [4.69, 9.17) is 0 Å². The number of phenolic OH excluding ortho intramolecular Hbond substituents is 2. The Labute approximate surface area is 129 Å². The van der Waals surface area contributed by atoms with Gasteiger partial charge < -0.3 is 10.2 Å². The smallest absolute Gasteiger partial charge is 0.140 e. The summed E-state index contributed by atoms with van der Waals surface area (Å²) in [6, 6.07) is 14.0. The summed E-state index contributed by atoms with van der Waals surface area (Å²) in [7, 11) is 0. The van der Waals surface area contributed by atoms with E-state index in [2.05, 4.69) is 0 Å². The number of allylic oxidation sites excluding steroid dienone is 2. The van der Waals surface area contributed by atoms with Crippen LogP contribution in [0.3, 0.4) is 0 Å². The number of para-hydroxylation sites is 2. The molecule has 0 fully saturated rings. The zero-order valence-electron chi connectivity index (χ0n) is 12.1. The first-order valence-corrected chi connectivity index (χ1v) is 7.07. The van der Waals surface area contributed by atoms with Gasteiger partial charge in [-0.1, -0.05) is 60.7 Å². The van der Waals surface area contributed by atoms with Crippen LogP contribution in [0.2, 0.25) is 0 Å². The summed E-state index contributed by atoms with van der Waals surface area (Å²) in [5.74, 6) is 0.467. The molecule has 3 nitrogen and oxygen atoms in total. The molecule has 2 aromatic carbocycles. The van der Waals surface area contributed by atoms with Crippen LogP contribution in [0, 0.1) is 0 Å². The van der Waals surface area contributed by atoms with E-state index in [1.54, 1.807) is 60.7 Å². The number of carbonyl (C=O) groups is 1. The van der Waals surface area contributed by atoms with E-state index in [9.17, 15) is 15.0 Å². The van der Waals surface area contributed by atoms with Crippen LogP contribution in [0.25, 0.3) is 12.2 Å². The van der Waals surface area contributed by atoms with Gasteiger partial charge >= 0.3 is 0 Å². The predicted octanol–water partition coefficient (Wildman–Crippen LogP) is 4.17. The van der Waals surface area contributed by atoms with E-state index < -0.39 is 0 Å². The first-order valence-electron chi connectivity index (χ1n) is 7.07. The van der Waals surface area contributed by atoms with E-state index in [-0.39, 0.29) is 17.3 Å². The lowest BCUT2D eigenvalue weighted by atomic mass is 10.1. The number of carbonyl (C=O) groups excluding carboxylic acids is 1. The summed E-state index contributed by atoms with van der Waals surface area (Å²) in [5.41, 5.74) is 1.39. The molecule has 0 unspecified atom stereocenters. The molecule has 0 saturated heterocycles. The number of rotatable bonds is 6. The first-order chi connectivity index (χ1) is 10.7. The standard InChI is InChI=1S/C19H18O3/c20-17(11-5-9-15-7-1-3-13-18(15)21)12-6-10-16-8-2-4-14-19(16)22/h1-10,13-14,21-22H,11-12H2. The molecule has 0 bridgehead atoms. The van der Waals surface area contributed by atoms with Gasteiger partial charge in [0.25, 0.3) is 0 Å². The van der Waals surface area contributed by atoms with Crippen molar-refractivity contribution in [3.05, 3.63) is 71.8 Å². The van der Waals surface area contributed by atoms with Crippen molar-refractivity contribution in [3.8, 4) is 11.5 Å². The van der Waals surface area contributed by atoms with Gasteiger partial charge in [0.2, 0.25) is 0 Å². The van der Waals surface area contributed by atoms with Gasteiger partial charge in [0.15, 0.2) is 0 Å². The van der Waals surface area contributed by atoms with Gasteiger partial charge in [-0.25, -0.2) is 0 Å². The maximum absolute atomic E-state index is 11.8. The van der Waals surface area contributed by atoms with E-state index in [1.807, 2.05) is 12.1 Å². The number of hydrogen-bond donors (Lipinski definition) is 2. The molecule has 2 rings (SSSR count). The molecule has 0 aliphatic carbocycles. The number of aromatic hydroxyl groups is 2. The molecule has 0 aliphatic heterocycles. The minimum absolute atomic E-state index is 0.0679. The Morgan fingerprint density at radius 1 is 0.773 bits per heavy atom. The van der Waals surface area contributed by atoms with Crippen LogP contribution in [0.5, 0.6) is 11.5 Å². The lowest BCUT2D eigenvalue weighted by molar-refractivity contribution is -0.117. The van der Waals surface area contributed by atoms with Gasteiger partial charge in [-0.15, -0.1) is 0 Å². The van der Waals surface area contributed by atoms with Crippen molar-refractivity contribution in [3.63, 3.8) is 0 Å². The van der Waals surface area contributed by atoms with Gasteiger partial charge in [-0.05, 0) is 12.1 Å². The van der Waals surface area contributed by atoms with E-state index in [0.717, 1.165) is 0 Å². The Balaban J connectivity index is 1.84. The Morgan fingerprint density at radius 3 is 1.59 bits per heavy atom. The molecule has 2 aromatic rings. The third-order valence-electron chi connectivity index (χ3n) is 3.16. The summed E-state index contributed by atoms with van der Waals surface area (Å²) < 4.78 is 0. The van der Waals surface area contributed by atoms with Crippen molar-refractivity contribution in [2.24, 2.45) is 0 Å². The molecule has 3 heteroatoms. The monoisotopic (exact) mass is 294 g/mol. The molecule has 0 saturated carbocycles. The van der Waals surface area contributed by atoms with Crippen LogP contribution in [-0.2, 0) is 4.79 Å². The van der Waals surface area contributed by atoms with Gasteiger partial charge in [-0.2, -0.15) is 0 Å². The zero-order valence-corrected chi connectivity index (χ0v) is 12.1. The Hall–Kier alpha value is -2.81. The summed E-state index contributed by atoms with van der Waals surface area (Å²) in [6.45, 7) is 0. The van der Waals surface area contributed by atoms with Crippen molar-refractivity contribution >= 4 is 17.9 Å². The van der Waals surface area contributed by atoms with E-state index in [0.29, 0.717) is 24.0 Å². The van der Waals surface area contributed by atoms with E-state index >= 15 is 0 Å². The van der Waals surface area contributed by atoms with Gasteiger partial charge in [0.1, 0.15) is 17.3 Å². The normalized spacial score (nSPS) is 11.3. The average molecular weight is 294 g/mol.